The van der Waals surface area contributed by atoms with Crippen molar-refractivity contribution >= 4 is 27.5 Å². The number of H-pyrrole nitrogens is 1. The summed E-state index contributed by atoms with van der Waals surface area (Å²) in [5.74, 6) is 0.583. The molecule has 0 aliphatic rings. The molecule has 1 heterocycles. The van der Waals surface area contributed by atoms with Crippen molar-refractivity contribution in [3.63, 3.8) is 0 Å². The van der Waals surface area contributed by atoms with Crippen LogP contribution in [0.15, 0.2) is 20.3 Å². The van der Waals surface area contributed by atoms with Crippen LogP contribution in [-0.4, -0.2) is 15.4 Å². The van der Waals surface area contributed by atoms with E-state index in [9.17, 15) is 9.59 Å². The number of nitrogens with one attached hydrogen (secondary N) is 1. The molecule has 0 fully saturated rings. The Morgan fingerprint density at radius 3 is 2.79 bits per heavy atom. The van der Waals surface area contributed by atoms with Gasteiger partial charge in [0.15, 0.2) is 0 Å². The summed E-state index contributed by atoms with van der Waals surface area (Å²) in [6, 6.07) is 0. The molecule has 0 amide bonds. The first-order chi connectivity index (χ1) is 6.65. The fraction of sp³-hybridized carbons (Fsp3) is 0.500. The number of alkyl halides is 1. The molecular weight excluding hydrogens is 271 g/mol. The zero-order chi connectivity index (χ0) is 10.6. The van der Waals surface area contributed by atoms with Crippen LogP contribution >= 0.6 is 27.5 Å². The monoisotopic (exact) mass is 280 g/mol. The first kappa shape index (κ1) is 11.5. The summed E-state index contributed by atoms with van der Waals surface area (Å²) in [4.78, 5) is 24.4. The van der Waals surface area contributed by atoms with Crippen molar-refractivity contribution < 1.29 is 0 Å². The maximum absolute atomic E-state index is 11.2. The fourth-order valence-electron chi connectivity index (χ4n) is 1.03. The van der Waals surface area contributed by atoms with E-state index >= 15 is 0 Å². The van der Waals surface area contributed by atoms with E-state index in [1.54, 1.807) is 0 Å². The van der Waals surface area contributed by atoms with Gasteiger partial charge in [0.25, 0.3) is 5.56 Å². The van der Waals surface area contributed by atoms with Crippen LogP contribution in [0, 0.1) is 0 Å². The highest BCUT2D eigenvalue weighted by Gasteiger charge is 2.00. The van der Waals surface area contributed by atoms with Crippen LogP contribution in [0.3, 0.4) is 0 Å². The van der Waals surface area contributed by atoms with Gasteiger partial charge in [0.1, 0.15) is 0 Å². The van der Waals surface area contributed by atoms with E-state index in [-0.39, 0.29) is 5.69 Å². The molecule has 0 saturated heterocycles. The van der Waals surface area contributed by atoms with Crippen molar-refractivity contribution in [2.45, 2.75) is 19.4 Å². The van der Waals surface area contributed by atoms with Gasteiger partial charge in [-0.3, -0.25) is 14.3 Å². The lowest BCUT2D eigenvalue weighted by Crippen LogP contribution is -2.29. The van der Waals surface area contributed by atoms with Gasteiger partial charge < -0.3 is 0 Å². The second kappa shape index (κ2) is 5.36. The number of hydrogen-bond acceptors (Lipinski definition) is 2. The van der Waals surface area contributed by atoms with E-state index in [0.717, 1.165) is 12.8 Å². The van der Waals surface area contributed by atoms with Gasteiger partial charge in [0.05, 0.1) is 4.47 Å². The number of aromatic nitrogens is 2. The van der Waals surface area contributed by atoms with Crippen molar-refractivity contribution in [1.82, 2.24) is 9.55 Å². The molecule has 0 aliphatic heterocycles. The van der Waals surface area contributed by atoms with Gasteiger partial charge in [-0.15, -0.1) is 11.6 Å². The maximum Gasteiger partial charge on any atom is 0.328 e. The van der Waals surface area contributed by atoms with Crippen LogP contribution in [0.25, 0.3) is 0 Å². The van der Waals surface area contributed by atoms with Gasteiger partial charge in [-0.1, -0.05) is 0 Å². The summed E-state index contributed by atoms with van der Waals surface area (Å²) in [5, 5.41) is 0. The van der Waals surface area contributed by atoms with E-state index in [2.05, 4.69) is 20.9 Å². The number of aryl methyl sites for hydroxylation is 1. The molecule has 0 aromatic carbocycles. The zero-order valence-electron chi connectivity index (χ0n) is 7.43. The van der Waals surface area contributed by atoms with Gasteiger partial charge >= 0.3 is 5.69 Å². The smallest absolute Gasteiger partial charge is 0.299 e. The second-order valence-electron chi connectivity index (χ2n) is 2.83. The number of halogens is 2. The summed E-state index contributed by atoms with van der Waals surface area (Å²) in [7, 11) is 0. The summed E-state index contributed by atoms with van der Waals surface area (Å²) in [5.41, 5.74) is -0.781. The van der Waals surface area contributed by atoms with Crippen molar-refractivity contribution in [3.05, 3.63) is 31.5 Å². The molecule has 0 spiro atoms. The quantitative estimate of drug-likeness (QED) is 0.668. The normalized spacial score (nSPS) is 10.4. The van der Waals surface area contributed by atoms with Gasteiger partial charge in [-0.2, -0.15) is 0 Å². The molecule has 6 heteroatoms. The lowest BCUT2D eigenvalue weighted by atomic mass is 10.3. The number of unbranched alkanes of at least 4 members (excludes halogenated alkanes) is 1. The minimum absolute atomic E-state index is 0.364. The number of rotatable bonds is 4. The summed E-state index contributed by atoms with van der Waals surface area (Å²) >= 11 is 8.57. The minimum atomic E-state index is -0.399. The molecule has 0 aliphatic carbocycles. The first-order valence-electron chi connectivity index (χ1n) is 4.20. The largest absolute Gasteiger partial charge is 0.328 e. The van der Waals surface area contributed by atoms with Crippen molar-refractivity contribution in [1.29, 1.82) is 0 Å². The highest BCUT2D eigenvalue weighted by Crippen LogP contribution is 2.00. The second-order valence-corrected chi connectivity index (χ2v) is 4.06. The topological polar surface area (TPSA) is 54.9 Å². The third-order valence-corrected chi connectivity index (χ3v) is 2.58. The molecule has 1 rings (SSSR count). The highest BCUT2D eigenvalue weighted by molar-refractivity contribution is 9.10. The number of hydrogen-bond donors (Lipinski definition) is 1. The Hall–Kier alpha value is -0.550. The highest BCUT2D eigenvalue weighted by atomic mass is 79.9. The maximum atomic E-state index is 11.2. The number of nitrogens with zero attached hydrogens (tertiary/aromatic N) is 1. The molecular formula is C8H10BrClN2O2. The molecule has 0 saturated carbocycles. The van der Waals surface area contributed by atoms with E-state index in [4.69, 9.17) is 11.6 Å². The lowest BCUT2D eigenvalue weighted by Gasteiger charge is -2.03. The van der Waals surface area contributed by atoms with Crippen LogP contribution in [-0.2, 0) is 6.54 Å². The van der Waals surface area contributed by atoms with E-state index < -0.39 is 5.56 Å². The zero-order valence-corrected chi connectivity index (χ0v) is 9.77. The Morgan fingerprint density at radius 2 is 2.14 bits per heavy atom. The Labute approximate surface area is 94.0 Å². The molecule has 1 N–H and O–H groups in total. The molecule has 4 nitrogen and oxygen atoms in total. The van der Waals surface area contributed by atoms with Crippen molar-refractivity contribution in [2.24, 2.45) is 0 Å². The van der Waals surface area contributed by atoms with Crippen LogP contribution < -0.4 is 11.2 Å². The predicted octanol–water partition coefficient (Wildman–Crippen LogP) is 1.32. The van der Waals surface area contributed by atoms with Gasteiger partial charge in [0, 0.05) is 18.6 Å². The predicted molar refractivity (Wildman–Crippen MR) is 59.0 cm³/mol. The third-order valence-electron chi connectivity index (χ3n) is 1.75. The SMILES string of the molecule is O=c1[nH]c(=O)n(CCCCCl)cc1Br. The average Bonchev–Trinajstić information content (AvgIpc) is 2.14. The van der Waals surface area contributed by atoms with Crippen LogP contribution in [0.5, 0.6) is 0 Å². The number of aromatic amines is 1. The molecule has 0 atom stereocenters. The van der Waals surface area contributed by atoms with E-state index in [1.165, 1.54) is 10.8 Å². The molecule has 0 unspecified atom stereocenters. The molecule has 0 radical (unpaired) electrons. The van der Waals surface area contributed by atoms with E-state index in [0.29, 0.717) is 16.9 Å². The Morgan fingerprint density at radius 1 is 1.43 bits per heavy atom. The average molecular weight is 282 g/mol. The summed E-state index contributed by atoms with van der Waals surface area (Å²) < 4.78 is 1.82. The molecule has 14 heavy (non-hydrogen) atoms. The summed E-state index contributed by atoms with van der Waals surface area (Å²) in [6.45, 7) is 0.570. The van der Waals surface area contributed by atoms with Crippen LogP contribution in [0.4, 0.5) is 0 Å². The fourth-order valence-corrected chi connectivity index (χ4v) is 1.56. The van der Waals surface area contributed by atoms with Gasteiger partial charge in [-0.05, 0) is 28.8 Å². The Kier molecular flexibility index (Phi) is 4.41. The van der Waals surface area contributed by atoms with Crippen LogP contribution in [0.2, 0.25) is 0 Å². The molecule has 0 bridgehead atoms. The molecule has 1 aromatic heterocycles. The summed E-state index contributed by atoms with van der Waals surface area (Å²) in [6.07, 6.45) is 3.17. The standard InChI is InChI=1S/C8H10BrClN2O2/c9-6-5-12(4-2-1-3-10)8(14)11-7(6)13/h5H,1-4H2,(H,11,13,14). The Bertz CT molecular complexity index is 413. The lowest BCUT2D eigenvalue weighted by molar-refractivity contribution is 0.596. The van der Waals surface area contributed by atoms with Gasteiger partial charge in [0.2, 0.25) is 0 Å². The Balaban J connectivity index is 2.82. The van der Waals surface area contributed by atoms with E-state index in [1.807, 2.05) is 0 Å². The first-order valence-corrected chi connectivity index (χ1v) is 5.53. The van der Waals surface area contributed by atoms with Crippen molar-refractivity contribution in [2.75, 3.05) is 5.88 Å². The minimum Gasteiger partial charge on any atom is -0.299 e. The third kappa shape index (κ3) is 2.99. The van der Waals surface area contributed by atoms with Crippen molar-refractivity contribution in [3.8, 4) is 0 Å². The van der Waals surface area contributed by atoms with Crippen LogP contribution in [0.1, 0.15) is 12.8 Å². The molecule has 78 valence electrons. The molecule has 1 aromatic rings. The van der Waals surface area contributed by atoms with Gasteiger partial charge in [-0.25, -0.2) is 4.79 Å².